The van der Waals surface area contributed by atoms with Crippen LogP contribution in [0.1, 0.15) is 26.3 Å². The average Bonchev–Trinajstić information content (AvgIpc) is 2.34. The number of hydrogen-bond donors (Lipinski definition) is 0. The minimum atomic E-state index is -1.48. The maximum atomic E-state index is 6.20. The third-order valence-corrected chi connectivity index (χ3v) is 8.42. The highest BCUT2D eigenvalue weighted by Crippen LogP contribution is 2.25. The van der Waals surface area contributed by atoms with Crippen molar-refractivity contribution in [2.24, 2.45) is 0 Å². The van der Waals surface area contributed by atoms with Crippen molar-refractivity contribution in [1.82, 2.24) is 0 Å². The molecule has 0 heterocycles. The number of halogens is 1. The van der Waals surface area contributed by atoms with Crippen molar-refractivity contribution < 1.29 is 4.43 Å². The van der Waals surface area contributed by atoms with E-state index in [0.717, 1.165) is 10.6 Å². The van der Waals surface area contributed by atoms with E-state index in [4.69, 9.17) is 16.0 Å². The van der Waals surface area contributed by atoms with Crippen LogP contribution in [0.25, 0.3) is 0 Å². The molecule has 16 heavy (non-hydrogen) atoms. The first-order valence-electron chi connectivity index (χ1n) is 6.04. The van der Waals surface area contributed by atoms with Gasteiger partial charge in [0.1, 0.15) is 0 Å². The second kappa shape index (κ2) is 6.43. The zero-order chi connectivity index (χ0) is 12.0. The van der Waals surface area contributed by atoms with Crippen LogP contribution in [0.5, 0.6) is 0 Å². The first kappa shape index (κ1) is 13.8. The first-order chi connectivity index (χ1) is 7.67. The molecule has 1 aromatic rings. The lowest BCUT2D eigenvalue weighted by atomic mass is 10.2. The van der Waals surface area contributed by atoms with Crippen LogP contribution in [0.15, 0.2) is 24.3 Å². The number of rotatable bonds is 6. The Bertz CT molecular complexity index is 315. The summed E-state index contributed by atoms with van der Waals surface area (Å²) in [6.45, 7) is 7.39. The van der Waals surface area contributed by atoms with Gasteiger partial charge in [-0.2, -0.15) is 0 Å². The Labute approximate surface area is 105 Å². The van der Waals surface area contributed by atoms with Gasteiger partial charge < -0.3 is 4.43 Å². The van der Waals surface area contributed by atoms with Crippen LogP contribution in [-0.4, -0.2) is 8.32 Å². The molecule has 0 aliphatic rings. The van der Waals surface area contributed by atoms with Crippen molar-refractivity contribution in [3.63, 3.8) is 0 Å². The highest BCUT2D eigenvalue weighted by molar-refractivity contribution is 6.73. The third kappa shape index (κ3) is 3.34. The van der Waals surface area contributed by atoms with E-state index in [9.17, 15) is 0 Å². The lowest BCUT2D eigenvalue weighted by Crippen LogP contribution is -2.35. The topological polar surface area (TPSA) is 9.23 Å². The molecule has 3 heteroatoms. The third-order valence-electron chi connectivity index (χ3n) is 3.42. The molecule has 0 aliphatic heterocycles. The van der Waals surface area contributed by atoms with E-state index >= 15 is 0 Å². The van der Waals surface area contributed by atoms with Gasteiger partial charge in [0.15, 0.2) is 8.32 Å². The summed E-state index contributed by atoms with van der Waals surface area (Å²) in [5.74, 6) is 0. The van der Waals surface area contributed by atoms with Gasteiger partial charge in [0.05, 0.1) is 6.61 Å². The molecule has 0 aromatic heterocycles. The summed E-state index contributed by atoms with van der Waals surface area (Å²) in [6.07, 6.45) is 0. The highest BCUT2D eigenvalue weighted by atomic mass is 35.5. The smallest absolute Gasteiger partial charge is 0.192 e. The van der Waals surface area contributed by atoms with Crippen LogP contribution in [0.3, 0.4) is 0 Å². The molecule has 1 aromatic carbocycles. The predicted molar refractivity (Wildman–Crippen MR) is 73.4 cm³/mol. The summed E-state index contributed by atoms with van der Waals surface area (Å²) in [5.41, 5.74) is 1.11. The molecule has 0 bridgehead atoms. The molecule has 0 aliphatic carbocycles. The molecule has 0 saturated heterocycles. The molecule has 0 fully saturated rings. The quantitative estimate of drug-likeness (QED) is 0.661. The van der Waals surface area contributed by atoms with Gasteiger partial charge >= 0.3 is 0 Å². The van der Waals surface area contributed by atoms with Crippen molar-refractivity contribution in [3.8, 4) is 0 Å². The summed E-state index contributed by atoms with van der Waals surface area (Å²) in [4.78, 5) is 0. The van der Waals surface area contributed by atoms with E-state index in [-0.39, 0.29) is 0 Å². The molecule has 0 amide bonds. The largest absolute Gasteiger partial charge is 0.413 e. The van der Waals surface area contributed by atoms with E-state index in [2.05, 4.69) is 20.8 Å². The van der Waals surface area contributed by atoms with Crippen LogP contribution in [0.2, 0.25) is 23.2 Å². The lowest BCUT2D eigenvalue weighted by Gasteiger charge is -2.28. The highest BCUT2D eigenvalue weighted by Gasteiger charge is 2.28. The fourth-order valence-corrected chi connectivity index (χ4v) is 4.67. The maximum absolute atomic E-state index is 6.20. The molecule has 0 spiro atoms. The van der Waals surface area contributed by atoms with Gasteiger partial charge in [-0.05, 0) is 29.8 Å². The molecule has 0 unspecified atom stereocenters. The number of hydrogen-bond acceptors (Lipinski definition) is 1. The Morgan fingerprint density at radius 1 is 1.06 bits per heavy atom. The summed E-state index contributed by atoms with van der Waals surface area (Å²) in [7, 11) is -1.48. The van der Waals surface area contributed by atoms with Crippen LogP contribution in [0.4, 0.5) is 0 Å². The van der Waals surface area contributed by atoms with Gasteiger partial charge in [-0.15, -0.1) is 0 Å². The Morgan fingerprint density at radius 2 is 1.62 bits per heavy atom. The number of benzene rings is 1. The first-order valence-corrected chi connectivity index (χ1v) is 8.95. The van der Waals surface area contributed by atoms with Gasteiger partial charge in [-0.25, -0.2) is 0 Å². The van der Waals surface area contributed by atoms with Gasteiger partial charge in [0.2, 0.25) is 0 Å². The second-order valence-corrected chi connectivity index (χ2v) is 9.31. The van der Waals surface area contributed by atoms with E-state index in [1.165, 1.54) is 18.1 Å². The van der Waals surface area contributed by atoms with E-state index in [1.807, 2.05) is 24.3 Å². The van der Waals surface area contributed by atoms with Crippen molar-refractivity contribution in [2.75, 3.05) is 0 Å². The summed E-state index contributed by atoms with van der Waals surface area (Å²) in [5, 5.41) is 0.814. The van der Waals surface area contributed by atoms with Crippen LogP contribution >= 0.6 is 11.6 Å². The van der Waals surface area contributed by atoms with Crippen molar-refractivity contribution in [2.45, 2.75) is 45.5 Å². The summed E-state index contributed by atoms with van der Waals surface area (Å²) in [6, 6.07) is 11.5. The standard InChI is InChI=1S/C13H21ClOSi/c1-4-16(5-2,6-3)15-11-12-9-7-8-10-13(12)14/h7-10H,4-6,11H2,1-3H3. The van der Waals surface area contributed by atoms with Crippen LogP contribution in [0, 0.1) is 0 Å². The van der Waals surface area contributed by atoms with Gasteiger partial charge in [-0.1, -0.05) is 50.6 Å². The molecule has 0 N–H and O–H groups in total. The fourth-order valence-electron chi connectivity index (χ4n) is 1.90. The zero-order valence-corrected chi connectivity index (χ0v) is 12.2. The minimum Gasteiger partial charge on any atom is -0.413 e. The lowest BCUT2D eigenvalue weighted by molar-refractivity contribution is 0.287. The maximum Gasteiger partial charge on any atom is 0.192 e. The normalized spacial score (nSPS) is 11.8. The van der Waals surface area contributed by atoms with Crippen LogP contribution in [-0.2, 0) is 11.0 Å². The Morgan fingerprint density at radius 3 is 2.12 bits per heavy atom. The second-order valence-electron chi connectivity index (χ2n) is 4.12. The van der Waals surface area contributed by atoms with E-state index in [0.29, 0.717) is 6.61 Å². The Kier molecular flexibility index (Phi) is 5.53. The van der Waals surface area contributed by atoms with Crippen molar-refractivity contribution in [3.05, 3.63) is 34.9 Å². The summed E-state index contributed by atoms with van der Waals surface area (Å²) >= 11 is 6.12. The molecular weight excluding hydrogens is 236 g/mol. The molecule has 90 valence electrons. The predicted octanol–water partition coefficient (Wildman–Crippen LogP) is 4.86. The molecular formula is C13H21ClOSi. The van der Waals surface area contributed by atoms with Crippen LogP contribution < -0.4 is 0 Å². The Balaban J connectivity index is 2.66. The minimum absolute atomic E-state index is 0.668. The molecule has 1 rings (SSSR count). The zero-order valence-electron chi connectivity index (χ0n) is 10.4. The molecule has 0 atom stereocenters. The average molecular weight is 257 g/mol. The van der Waals surface area contributed by atoms with Crippen molar-refractivity contribution in [1.29, 1.82) is 0 Å². The fraction of sp³-hybridized carbons (Fsp3) is 0.538. The van der Waals surface area contributed by atoms with E-state index < -0.39 is 8.32 Å². The molecule has 0 radical (unpaired) electrons. The monoisotopic (exact) mass is 256 g/mol. The van der Waals surface area contributed by atoms with Gasteiger partial charge in [-0.3, -0.25) is 0 Å². The molecule has 1 nitrogen and oxygen atoms in total. The van der Waals surface area contributed by atoms with Gasteiger partial charge in [0.25, 0.3) is 0 Å². The molecule has 0 saturated carbocycles. The van der Waals surface area contributed by atoms with E-state index in [1.54, 1.807) is 0 Å². The summed E-state index contributed by atoms with van der Waals surface area (Å²) < 4.78 is 6.20. The van der Waals surface area contributed by atoms with Gasteiger partial charge in [0, 0.05) is 5.02 Å². The Hall–Kier alpha value is -0.313. The SMILES string of the molecule is CC[Si](CC)(CC)OCc1ccccc1Cl. The van der Waals surface area contributed by atoms with Crippen molar-refractivity contribution >= 4 is 19.9 Å².